The van der Waals surface area contributed by atoms with Crippen LogP contribution in [-0.4, -0.2) is 17.5 Å². The second-order valence-electron chi connectivity index (χ2n) is 4.91. The van der Waals surface area contributed by atoms with Gasteiger partial charge in [0.2, 0.25) is 0 Å². The lowest BCUT2D eigenvalue weighted by molar-refractivity contribution is 0.158. The molecule has 1 aromatic carbocycles. The maximum Gasteiger partial charge on any atom is 0.0372 e. The normalized spacial score (nSPS) is 24.1. The molecule has 0 spiro atoms. The molecule has 0 saturated heterocycles. The van der Waals surface area contributed by atoms with Crippen molar-refractivity contribution >= 4 is 0 Å². The molecule has 0 heterocycles. The fourth-order valence-electron chi connectivity index (χ4n) is 2.91. The van der Waals surface area contributed by atoms with Crippen molar-refractivity contribution < 1.29 is 0 Å². The molecular weight excluding hydrogens is 196 g/mol. The first-order valence-corrected chi connectivity index (χ1v) is 6.25. The van der Waals surface area contributed by atoms with E-state index in [1.165, 1.54) is 11.1 Å². The van der Waals surface area contributed by atoms with Crippen molar-refractivity contribution in [1.29, 1.82) is 0 Å². The van der Waals surface area contributed by atoms with E-state index in [2.05, 4.69) is 49.9 Å². The van der Waals surface area contributed by atoms with Crippen molar-refractivity contribution in [2.24, 2.45) is 5.73 Å². The Morgan fingerprint density at radius 2 is 1.94 bits per heavy atom. The largest absolute Gasteiger partial charge is 0.324 e. The third kappa shape index (κ3) is 1.87. The average Bonchev–Trinajstić information content (AvgIpc) is 2.58. The Morgan fingerprint density at radius 3 is 2.50 bits per heavy atom. The summed E-state index contributed by atoms with van der Waals surface area (Å²) in [5.74, 6) is 0. The molecule has 1 aliphatic rings. The molecule has 2 nitrogen and oxygen atoms in total. The van der Waals surface area contributed by atoms with Gasteiger partial charge in [-0.15, -0.1) is 0 Å². The second-order valence-corrected chi connectivity index (χ2v) is 4.91. The molecule has 2 rings (SSSR count). The Hall–Kier alpha value is -0.860. The minimum Gasteiger partial charge on any atom is -0.324 e. The Bertz CT molecular complexity index is 360. The molecule has 0 saturated carbocycles. The van der Waals surface area contributed by atoms with Crippen molar-refractivity contribution in [3.63, 3.8) is 0 Å². The van der Waals surface area contributed by atoms with Crippen LogP contribution in [0.5, 0.6) is 0 Å². The molecular formula is C14H22N2. The number of nitrogens with zero attached hydrogens (tertiary/aromatic N) is 1. The minimum absolute atomic E-state index is 0.217. The van der Waals surface area contributed by atoms with E-state index < -0.39 is 0 Å². The van der Waals surface area contributed by atoms with Crippen molar-refractivity contribution in [2.45, 2.75) is 45.3 Å². The number of nitrogens with two attached hydrogens (primary N) is 1. The Labute approximate surface area is 98.4 Å². The lowest BCUT2D eigenvalue weighted by Crippen LogP contribution is -2.34. The summed E-state index contributed by atoms with van der Waals surface area (Å²) in [5, 5.41) is 0. The number of hydrogen-bond acceptors (Lipinski definition) is 2. The Kier molecular flexibility index (Phi) is 3.31. The molecule has 2 N–H and O–H groups in total. The second kappa shape index (κ2) is 4.56. The highest BCUT2D eigenvalue weighted by Gasteiger charge is 2.32. The van der Waals surface area contributed by atoms with Gasteiger partial charge in [-0.1, -0.05) is 31.2 Å². The van der Waals surface area contributed by atoms with Crippen molar-refractivity contribution in [2.75, 3.05) is 6.54 Å². The molecule has 0 bridgehead atoms. The third-order valence-electron chi connectivity index (χ3n) is 3.66. The summed E-state index contributed by atoms with van der Waals surface area (Å²) in [5.41, 5.74) is 8.98. The van der Waals surface area contributed by atoms with Gasteiger partial charge < -0.3 is 5.73 Å². The summed E-state index contributed by atoms with van der Waals surface area (Å²) in [4.78, 5) is 2.53. The smallest absolute Gasteiger partial charge is 0.0372 e. The zero-order chi connectivity index (χ0) is 11.7. The Morgan fingerprint density at radius 1 is 1.31 bits per heavy atom. The molecule has 0 aromatic heterocycles. The average molecular weight is 218 g/mol. The molecule has 2 heteroatoms. The first-order chi connectivity index (χ1) is 7.65. The standard InChI is InChI=1S/C14H22N2/c1-4-16(10(2)3)14-9-13(15)11-7-5-6-8-12(11)14/h5-8,10,13-14H,4,9,15H2,1-3H3. The van der Waals surface area contributed by atoms with Crippen LogP contribution in [0.2, 0.25) is 0 Å². The van der Waals surface area contributed by atoms with Gasteiger partial charge in [-0.3, -0.25) is 4.90 Å². The molecule has 88 valence electrons. The minimum atomic E-state index is 0.217. The van der Waals surface area contributed by atoms with Gasteiger partial charge >= 0.3 is 0 Å². The maximum atomic E-state index is 6.20. The number of benzene rings is 1. The zero-order valence-electron chi connectivity index (χ0n) is 10.5. The summed E-state index contributed by atoms with van der Waals surface area (Å²) in [6.45, 7) is 7.84. The predicted octanol–water partition coefficient (Wildman–Crippen LogP) is 2.86. The molecule has 1 aliphatic carbocycles. The van der Waals surface area contributed by atoms with E-state index in [4.69, 9.17) is 5.73 Å². The first-order valence-electron chi connectivity index (χ1n) is 6.25. The van der Waals surface area contributed by atoms with Crippen LogP contribution in [0.15, 0.2) is 24.3 Å². The van der Waals surface area contributed by atoms with Gasteiger partial charge in [0.15, 0.2) is 0 Å². The molecule has 1 aromatic rings. The van der Waals surface area contributed by atoms with Crippen molar-refractivity contribution in [1.82, 2.24) is 4.90 Å². The van der Waals surface area contributed by atoms with Gasteiger partial charge in [-0.2, -0.15) is 0 Å². The van der Waals surface area contributed by atoms with Gasteiger partial charge in [-0.05, 0) is 37.9 Å². The van der Waals surface area contributed by atoms with E-state index >= 15 is 0 Å². The maximum absolute atomic E-state index is 6.20. The van der Waals surface area contributed by atoms with Crippen LogP contribution in [-0.2, 0) is 0 Å². The number of hydrogen-bond donors (Lipinski definition) is 1. The molecule has 2 unspecified atom stereocenters. The lowest BCUT2D eigenvalue weighted by atomic mass is 10.1. The highest BCUT2D eigenvalue weighted by Crippen LogP contribution is 2.41. The highest BCUT2D eigenvalue weighted by molar-refractivity contribution is 5.37. The van der Waals surface area contributed by atoms with Crippen LogP contribution in [0.1, 0.15) is 50.4 Å². The summed E-state index contributed by atoms with van der Waals surface area (Å²) < 4.78 is 0. The van der Waals surface area contributed by atoms with E-state index in [-0.39, 0.29) is 6.04 Å². The number of rotatable bonds is 3. The Balaban J connectivity index is 2.32. The fourth-order valence-corrected chi connectivity index (χ4v) is 2.91. The topological polar surface area (TPSA) is 29.3 Å². The van der Waals surface area contributed by atoms with E-state index in [9.17, 15) is 0 Å². The lowest BCUT2D eigenvalue weighted by Gasteiger charge is -2.32. The van der Waals surface area contributed by atoms with Crippen LogP contribution >= 0.6 is 0 Å². The van der Waals surface area contributed by atoms with E-state index in [0.29, 0.717) is 12.1 Å². The van der Waals surface area contributed by atoms with Crippen LogP contribution in [0.3, 0.4) is 0 Å². The van der Waals surface area contributed by atoms with Crippen molar-refractivity contribution in [3.05, 3.63) is 35.4 Å². The summed E-state index contributed by atoms with van der Waals surface area (Å²) >= 11 is 0. The van der Waals surface area contributed by atoms with Crippen LogP contribution < -0.4 is 5.73 Å². The van der Waals surface area contributed by atoms with E-state index in [1.54, 1.807) is 0 Å². The summed E-state index contributed by atoms with van der Waals surface area (Å²) in [7, 11) is 0. The molecule has 16 heavy (non-hydrogen) atoms. The van der Waals surface area contributed by atoms with E-state index in [1.807, 2.05) is 0 Å². The molecule has 2 atom stereocenters. The monoisotopic (exact) mass is 218 g/mol. The van der Waals surface area contributed by atoms with Gasteiger partial charge in [-0.25, -0.2) is 0 Å². The quantitative estimate of drug-likeness (QED) is 0.845. The highest BCUT2D eigenvalue weighted by atomic mass is 15.2. The van der Waals surface area contributed by atoms with Crippen molar-refractivity contribution in [3.8, 4) is 0 Å². The van der Waals surface area contributed by atoms with Crippen LogP contribution in [0, 0.1) is 0 Å². The molecule has 0 aliphatic heterocycles. The van der Waals surface area contributed by atoms with Gasteiger partial charge in [0, 0.05) is 18.1 Å². The fraction of sp³-hybridized carbons (Fsp3) is 0.571. The molecule has 0 amide bonds. The zero-order valence-corrected chi connectivity index (χ0v) is 10.5. The molecule has 0 fully saturated rings. The van der Waals surface area contributed by atoms with Crippen LogP contribution in [0.4, 0.5) is 0 Å². The SMILES string of the molecule is CCN(C(C)C)C1CC(N)c2ccccc21. The third-order valence-corrected chi connectivity index (χ3v) is 3.66. The predicted molar refractivity (Wildman–Crippen MR) is 68.2 cm³/mol. The van der Waals surface area contributed by atoms with Gasteiger partial charge in [0.1, 0.15) is 0 Å². The van der Waals surface area contributed by atoms with E-state index in [0.717, 1.165) is 13.0 Å². The summed E-state index contributed by atoms with van der Waals surface area (Å²) in [6, 6.07) is 9.93. The first kappa shape index (κ1) is 11.6. The summed E-state index contributed by atoms with van der Waals surface area (Å²) in [6.07, 6.45) is 1.06. The van der Waals surface area contributed by atoms with Gasteiger partial charge in [0.05, 0.1) is 0 Å². The number of fused-ring (bicyclic) bond motifs is 1. The van der Waals surface area contributed by atoms with Gasteiger partial charge in [0.25, 0.3) is 0 Å². The molecule has 0 radical (unpaired) electrons. The van der Waals surface area contributed by atoms with Crippen LogP contribution in [0.25, 0.3) is 0 Å².